The summed E-state index contributed by atoms with van der Waals surface area (Å²) in [7, 11) is 1.59. The molecular weight excluding hydrogens is 370 g/mol. The monoisotopic (exact) mass is 393 g/mol. The van der Waals surface area contributed by atoms with Crippen LogP contribution in [-0.4, -0.2) is 41.5 Å². The zero-order chi connectivity index (χ0) is 18.5. The third-order valence-corrected chi connectivity index (χ3v) is 6.47. The fraction of sp³-hybridized carbons (Fsp3) is 0.500. The predicted molar refractivity (Wildman–Crippen MR) is 106 cm³/mol. The molecule has 0 spiro atoms. The maximum Gasteiger partial charge on any atom is 0.263 e. The molecule has 6 nitrogen and oxygen atoms in total. The second-order valence-electron chi connectivity index (χ2n) is 6.12. The van der Waals surface area contributed by atoms with Gasteiger partial charge in [-0.25, -0.2) is 4.98 Å². The van der Waals surface area contributed by atoms with E-state index < -0.39 is 0 Å². The van der Waals surface area contributed by atoms with Crippen LogP contribution in [0.25, 0.3) is 10.2 Å². The molecule has 2 aromatic heterocycles. The second-order valence-corrected chi connectivity index (χ2v) is 8.15. The number of thiophene rings is 1. The molecule has 2 aromatic rings. The number of hydrogen-bond donors (Lipinski definition) is 1. The summed E-state index contributed by atoms with van der Waals surface area (Å²) >= 11 is 2.91. The number of aryl methyl sites for hydroxylation is 2. The molecule has 0 aliphatic heterocycles. The van der Waals surface area contributed by atoms with E-state index in [0.717, 1.165) is 29.5 Å². The summed E-state index contributed by atoms with van der Waals surface area (Å²) in [6.45, 7) is 5.09. The number of carbonyl (C=O) groups excluding carboxylic acids is 1. The summed E-state index contributed by atoms with van der Waals surface area (Å²) in [6.07, 6.45) is 5.97. The molecule has 0 saturated heterocycles. The van der Waals surface area contributed by atoms with Crippen LogP contribution in [0.2, 0.25) is 0 Å². The van der Waals surface area contributed by atoms with Gasteiger partial charge in [0, 0.05) is 25.1 Å². The molecule has 0 saturated carbocycles. The number of carbonyl (C=O) groups is 1. The third-order valence-electron chi connectivity index (χ3n) is 4.31. The standard InChI is InChI=1S/C18H23N3O3S2/c1-3-9-21-17(23)15-12-6-4-5-7-13(12)26-16(15)20-18(21)25-11-14(22)19-8-10-24-2/h3H,1,4-11H2,2H3,(H,19,22). The van der Waals surface area contributed by atoms with Crippen LogP contribution in [0.5, 0.6) is 0 Å². The lowest BCUT2D eigenvalue weighted by molar-refractivity contribution is -0.118. The minimum atomic E-state index is -0.1000. The molecule has 0 fully saturated rings. The quantitative estimate of drug-likeness (QED) is 0.323. The van der Waals surface area contributed by atoms with Crippen molar-refractivity contribution in [2.24, 2.45) is 0 Å². The van der Waals surface area contributed by atoms with Crippen molar-refractivity contribution in [3.63, 3.8) is 0 Å². The van der Waals surface area contributed by atoms with Gasteiger partial charge in [0.25, 0.3) is 5.56 Å². The van der Waals surface area contributed by atoms with Crippen molar-refractivity contribution in [1.82, 2.24) is 14.9 Å². The smallest absolute Gasteiger partial charge is 0.263 e. The molecule has 0 aromatic carbocycles. The molecule has 0 radical (unpaired) electrons. The van der Waals surface area contributed by atoms with E-state index >= 15 is 0 Å². The van der Waals surface area contributed by atoms with Gasteiger partial charge < -0.3 is 10.1 Å². The van der Waals surface area contributed by atoms with Gasteiger partial charge in [0.05, 0.1) is 17.7 Å². The maximum absolute atomic E-state index is 13.1. The van der Waals surface area contributed by atoms with E-state index in [1.54, 1.807) is 29.1 Å². The number of thioether (sulfide) groups is 1. The molecule has 8 heteroatoms. The van der Waals surface area contributed by atoms with Crippen LogP contribution in [0, 0.1) is 0 Å². The summed E-state index contributed by atoms with van der Waals surface area (Å²) in [6, 6.07) is 0. The molecule has 0 unspecified atom stereocenters. The van der Waals surface area contributed by atoms with E-state index in [4.69, 9.17) is 9.72 Å². The van der Waals surface area contributed by atoms with E-state index in [-0.39, 0.29) is 17.2 Å². The van der Waals surface area contributed by atoms with Gasteiger partial charge in [-0.2, -0.15) is 0 Å². The van der Waals surface area contributed by atoms with E-state index in [1.807, 2.05) is 0 Å². The largest absolute Gasteiger partial charge is 0.383 e. The molecular formula is C18H23N3O3S2. The predicted octanol–water partition coefficient (Wildman–Crippen LogP) is 2.38. The summed E-state index contributed by atoms with van der Waals surface area (Å²) in [5, 5.41) is 4.12. The first-order chi connectivity index (χ1) is 12.7. The molecule has 26 heavy (non-hydrogen) atoms. The van der Waals surface area contributed by atoms with Crippen molar-refractivity contribution in [3.05, 3.63) is 33.4 Å². The van der Waals surface area contributed by atoms with E-state index in [0.29, 0.717) is 24.9 Å². The van der Waals surface area contributed by atoms with Gasteiger partial charge in [0.15, 0.2) is 5.16 Å². The Morgan fingerprint density at radius 3 is 3.04 bits per heavy atom. The fourth-order valence-electron chi connectivity index (χ4n) is 3.09. The van der Waals surface area contributed by atoms with Crippen LogP contribution in [0.15, 0.2) is 22.6 Å². The minimum Gasteiger partial charge on any atom is -0.383 e. The minimum absolute atomic E-state index is 0.0170. The van der Waals surface area contributed by atoms with Gasteiger partial charge in [0.2, 0.25) is 5.91 Å². The Bertz CT molecular complexity index is 873. The van der Waals surface area contributed by atoms with Gasteiger partial charge >= 0.3 is 0 Å². The molecule has 1 aliphatic carbocycles. The van der Waals surface area contributed by atoms with Crippen LogP contribution in [0.1, 0.15) is 23.3 Å². The Labute approximate surface area is 160 Å². The highest BCUT2D eigenvalue weighted by Crippen LogP contribution is 2.34. The van der Waals surface area contributed by atoms with Crippen LogP contribution < -0.4 is 10.9 Å². The lowest BCUT2D eigenvalue weighted by Crippen LogP contribution is -2.29. The molecule has 1 aliphatic rings. The summed E-state index contributed by atoms with van der Waals surface area (Å²) in [5.74, 6) is 0.112. The number of allylic oxidation sites excluding steroid dienone is 1. The van der Waals surface area contributed by atoms with Crippen LogP contribution >= 0.6 is 23.1 Å². The number of amides is 1. The van der Waals surface area contributed by atoms with E-state index in [2.05, 4.69) is 11.9 Å². The second kappa shape index (κ2) is 8.83. The van der Waals surface area contributed by atoms with Crippen molar-refractivity contribution >= 4 is 39.2 Å². The van der Waals surface area contributed by atoms with Crippen molar-refractivity contribution in [3.8, 4) is 0 Å². The van der Waals surface area contributed by atoms with E-state index in [9.17, 15) is 9.59 Å². The normalized spacial score (nSPS) is 13.6. The highest BCUT2D eigenvalue weighted by atomic mass is 32.2. The summed E-state index contributed by atoms with van der Waals surface area (Å²) in [5.41, 5.74) is 1.16. The molecule has 1 N–H and O–H groups in total. The first kappa shape index (κ1) is 19.1. The van der Waals surface area contributed by atoms with Gasteiger partial charge in [-0.05, 0) is 31.2 Å². The average molecular weight is 394 g/mol. The number of ether oxygens (including phenoxy) is 1. The Hall–Kier alpha value is -1.64. The molecule has 3 rings (SSSR count). The lowest BCUT2D eigenvalue weighted by Gasteiger charge is -2.12. The number of fused-ring (bicyclic) bond motifs is 3. The van der Waals surface area contributed by atoms with Crippen molar-refractivity contribution in [2.45, 2.75) is 37.4 Å². The highest BCUT2D eigenvalue weighted by molar-refractivity contribution is 7.99. The summed E-state index contributed by atoms with van der Waals surface area (Å²) < 4.78 is 6.55. The van der Waals surface area contributed by atoms with E-state index in [1.165, 1.54) is 28.6 Å². The first-order valence-corrected chi connectivity index (χ1v) is 10.5. The average Bonchev–Trinajstić information content (AvgIpc) is 3.01. The topological polar surface area (TPSA) is 73.2 Å². The maximum atomic E-state index is 13.1. The molecule has 0 atom stereocenters. The highest BCUT2D eigenvalue weighted by Gasteiger charge is 2.22. The number of methoxy groups -OCH3 is 1. The SMILES string of the molecule is C=CCn1c(SCC(=O)NCCOC)nc2sc3c(c2c1=O)CCCC3. The summed E-state index contributed by atoms with van der Waals surface area (Å²) in [4.78, 5) is 31.8. The van der Waals surface area contributed by atoms with Crippen LogP contribution in [0.3, 0.4) is 0 Å². The van der Waals surface area contributed by atoms with Gasteiger partial charge in [-0.15, -0.1) is 17.9 Å². The molecule has 1 amide bonds. The number of hydrogen-bond acceptors (Lipinski definition) is 6. The van der Waals surface area contributed by atoms with Crippen molar-refractivity contribution < 1.29 is 9.53 Å². The Balaban J connectivity index is 1.89. The Kier molecular flexibility index (Phi) is 6.50. The lowest BCUT2D eigenvalue weighted by atomic mass is 9.97. The molecule has 0 bridgehead atoms. The fourth-order valence-corrected chi connectivity index (χ4v) is 5.23. The van der Waals surface area contributed by atoms with Gasteiger partial charge in [-0.1, -0.05) is 17.8 Å². The Morgan fingerprint density at radius 2 is 2.27 bits per heavy atom. The molecule has 2 heterocycles. The van der Waals surface area contributed by atoms with Crippen LogP contribution in [0.4, 0.5) is 0 Å². The van der Waals surface area contributed by atoms with Crippen molar-refractivity contribution in [1.29, 1.82) is 0 Å². The van der Waals surface area contributed by atoms with Gasteiger partial charge in [-0.3, -0.25) is 14.2 Å². The third kappa shape index (κ3) is 4.02. The zero-order valence-corrected chi connectivity index (χ0v) is 16.5. The van der Waals surface area contributed by atoms with Crippen molar-refractivity contribution in [2.75, 3.05) is 26.0 Å². The zero-order valence-electron chi connectivity index (χ0n) is 14.9. The molecule has 140 valence electrons. The van der Waals surface area contributed by atoms with Gasteiger partial charge in [0.1, 0.15) is 4.83 Å². The van der Waals surface area contributed by atoms with Crippen LogP contribution in [-0.2, 0) is 28.9 Å². The number of rotatable bonds is 8. The first-order valence-electron chi connectivity index (χ1n) is 8.70. The number of nitrogens with one attached hydrogen (secondary N) is 1. The number of nitrogens with zero attached hydrogens (tertiary/aromatic N) is 2. The Morgan fingerprint density at radius 1 is 1.46 bits per heavy atom. The number of aromatic nitrogens is 2.